The molecule has 0 bridgehead atoms. The van der Waals surface area contributed by atoms with E-state index in [1.165, 1.54) is 0 Å². The minimum atomic E-state index is 0.950. The number of aliphatic imine (C=N–C) groups is 1. The Bertz CT molecular complexity index is 757. The van der Waals surface area contributed by atoms with Crippen molar-refractivity contribution < 1.29 is 0 Å². The van der Waals surface area contributed by atoms with Crippen LogP contribution in [-0.4, -0.2) is 11.2 Å². The third-order valence-corrected chi connectivity index (χ3v) is 2.92. The summed E-state index contributed by atoms with van der Waals surface area (Å²) in [6.45, 7) is 0. The van der Waals surface area contributed by atoms with Crippen LogP contribution in [0.1, 0.15) is 0 Å². The molecule has 0 unspecified atom stereocenters. The van der Waals surface area contributed by atoms with Crippen molar-refractivity contribution >= 4 is 23.7 Å². The highest BCUT2D eigenvalue weighted by atomic mass is 14.8. The molecule has 2 aliphatic heterocycles. The number of aromatic nitrogens is 1. The van der Waals surface area contributed by atoms with Gasteiger partial charge in [-0.3, -0.25) is 9.98 Å². The highest BCUT2D eigenvalue weighted by Gasteiger charge is 2.16. The lowest BCUT2D eigenvalue weighted by Gasteiger charge is -1.97. The normalized spacial score (nSPS) is 13.8. The minimum absolute atomic E-state index is 0.950. The Morgan fingerprint density at radius 3 is 3.00 bits per heavy atom. The van der Waals surface area contributed by atoms with E-state index in [9.17, 15) is 0 Å². The lowest BCUT2D eigenvalue weighted by Crippen LogP contribution is -2.24. The molecule has 1 aromatic heterocycles. The minimum Gasteiger partial charge on any atom is -0.256 e. The second kappa shape index (κ2) is 2.64. The summed E-state index contributed by atoms with van der Waals surface area (Å²) in [6.07, 6.45) is 5.62. The highest BCUT2D eigenvalue weighted by Crippen LogP contribution is 2.29. The first kappa shape index (κ1) is 7.93. The second-order valence-corrected chi connectivity index (χ2v) is 3.82. The van der Waals surface area contributed by atoms with Gasteiger partial charge in [-0.2, -0.15) is 0 Å². The van der Waals surface area contributed by atoms with Gasteiger partial charge in [0, 0.05) is 23.2 Å². The monoisotopic (exact) mass is 205 g/mol. The van der Waals surface area contributed by atoms with Crippen LogP contribution in [0.5, 0.6) is 0 Å². The lowest BCUT2D eigenvalue weighted by atomic mass is 10.1. The molecule has 0 aliphatic carbocycles. The van der Waals surface area contributed by atoms with Gasteiger partial charge in [0.25, 0.3) is 0 Å². The Labute approximate surface area is 91.5 Å². The zero-order chi connectivity index (χ0) is 10.5. The van der Waals surface area contributed by atoms with Crippen LogP contribution in [0, 0.1) is 0 Å². The van der Waals surface area contributed by atoms with Gasteiger partial charge in [0.15, 0.2) is 0 Å². The fourth-order valence-electron chi connectivity index (χ4n) is 2.19. The van der Waals surface area contributed by atoms with E-state index in [0.29, 0.717) is 0 Å². The van der Waals surface area contributed by atoms with Crippen molar-refractivity contribution in [2.75, 3.05) is 0 Å². The average molecular weight is 205 g/mol. The summed E-state index contributed by atoms with van der Waals surface area (Å²) in [7, 11) is 0. The summed E-state index contributed by atoms with van der Waals surface area (Å²) in [6, 6.07) is 7.97. The predicted octanol–water partition coefficient (Wildman–Crippen LogP) is 1.51. The number of rotatable bonds is 0. The molecule has 0 saturated carbocycles. The molecule has 16 heavy (non-hydrogen) atoms. The van der Waals surface area contributed by atoms with Crippen LogP contribution in [0.2, 0.25) is 0 Å². The van der Waals surface area contributed by atoms with Crippen molar-refractivity contribution in [1.82, 2.24) is 4.98 Å². The molecule has 1 aromatic carbocycles. The van der Waals surface area contributed by atoms with Crippen molar-refractivity contribution in [3.05, 3.63) is 41.0 Å². The van der Waals surface area contributed by atoms with Gasteiger partial charge in [0.1, 0.15) is 0 Å². The fourth-order valence-corrected chi connectivity index (χ4v) is 2.19. The van der Waals surface area contributed by atoms with E-state index in [2.05, 4.69) is 15.0 Å². The van der Waals surface area contributed by atoms with Crippen LogP contribution < -0.4 is 10.6 Å². The zero-order valence-corrected chi connectivity index (χ0v) is 8.38. The third kappa shape index (κ3) is 0.852. The highest BCUT2D eigenvalue weighted by molar-refractivity contribution is 5.97. The molecule has 0 saturated heterocycles. The molecular weight excluding hydrogens is 198 g/mol. The summed E-state index contributed by atoms with van der Waals surface area (Å²) in [5.74, 6) is 0. The molecule has 0 N–H and O–H groups in total. The Morgan fingerprint density at radius 1 is 1.00 bits per heavy atom. The predicted molar refractivity (Wildman–Crippen MR) is 62.7 cm³/mol. The Morgan fingerprint density at radius 2 is 2.00 bits per heavy atom. The number of fused-ring (bicyclic) bond motifs is 5. The average Bonchev–Trinajstić information content (AvgIpc) is 2.92. The SMILES string of the molecule is C1=Nc2ccc3c(c2=C1)=Nc1cccnc1-3. The maximum absolute atomic E-state index is 4.61. The van der Waals surface area contributed by atoms with Crippen LogP contribution in [-0.2, 0) is 0 Å². The van der Waals surface area contributed by atoms with Crippen molar-refractivity contribution in [2.24, 2.45) is 9.98 Å². The van der Waals surface area contributed by atoms with Crippen molar-refractivity contribution in [1.29, 1.82) is 0 Å². The fraction of sp³-hybridized carbons (Fsp3) is 0. The standard InChI is InChI=1S/C13H7N3/c1-2-11-13(15-6-1)9-3-4-10-8(5-7-14-10)12(9)16-11/h1-7H. The largest absolute Gasteiger partial charge is 0.256 e. The molecule has 0 amide bonds. The summed E-state index contributed by atoms with van der Waals surface area (Å²) in [4.78, 5) is 13.3. The molecule has 0 spiro atoms. The van der Waals surface area contributed by atoms with Gasteiger partial charge in [-0.1, -0.05) is 0 Å². The summed E-state index contributed by atoms with van der Waals surface area (Å²) >= 11 is 0. The molecule has 0 atom stereocenters. The van der Waals surface area contributed by atoms with Crippen LogP contribution >= 0.6 is 0 Å². The molecule has 0 radical (unpaired) electrons. The molecule has 4 rings (SSSR count). The molecular formula is C13H7N3. The number of hydrogen-bond donors (Lipinski definition) is 0. The maximum atomic E-state index is 4.61. The third-order valence-electron chi connectivity index (χ3n) is 2.92. The Balaban J connectivity index is 2.21. The van der Waals surface area contributed by atoms with Crippen LogP contribution in [0.4, 0.5) is 11.4 Å². The van der Waals surface area contributed by atoms with Gasteiger partial charge in [-0.05, 0) is 30.3 Å². The first-order valence-electron chi connectivity index (χ1n) is 5.15. The molecule has 0 fully saturated rings. The molecule has 3 nitrogen and oxygen atoms in total. The maximum Gasteiger partial charge on any atom is 0.0980 e. The van der Waals surface area contributed by atoms with Gasteiger partial charge in [-0.25, -0.2) is 4.99 Å². The number of benzene rings is 1. The number of pyridine rings is 1. The molecule has 3 heteroatoms. The van der Waals surface area contributed by atoms with Crippen LogP contribution in [0.25, 0.3) is 17.3 Å². The first-order chi connectivity index (χ1) is 7.93. The van der Waals surface area contributed by atoms with Crippen molar-refractivity contribution in [3.8, 4) is 11.3 Å². The summed E-state index contributed by atoms with van der Waals surface area (Å²) in [5.41, 5.74) is 4.03. The summed E-state index contributed by atoms with van der Waals surface area (Å²) in [5, 5.41) is 2.11. The molecule has 3 heterocycles. The number of nitrogens with zero attached hydrogens (tertiary/aromatic N) is 3. The van der Waals surface area contributed by atoms with E-state index < -0.39 is 0 Å². The van der Waals surface area contributed by atoms with Crippen LogP contribution in [0.15, 0.2) is 40.4 Å². The van der Waals surface area contributed by atoms with E-state index in [0.717, 1.165) is 33.2 Å². The lowest BCUT2D eigenvalue weighted by molar-refractivity contribution is 1.33. The number of hydrogen-bond acceptors (Lipinski definition) is 3. The Kier molecular flexibility index (Phi) is 1.31. The molecule has 74 valence electrons. The van der Waals surface area contributed by atoms with Crippen molar-refractivity contribution in [3.63, 3.8) is 0 Å². The molecule has 2 aromatic rings. The van der Waals surface area contributed by atoms with Crippen LogP contribution in [0.3, 0.4) is 0 Å². The summed E-state index contributed by atoms with van der Waals surface area (Å²) < 4.78 is 0. The van der Waals surface area contributed by atoms with E-state index in [1.807, 2.05) is 36.6 Å². The van der Waals surface area contributed by atoms with Crippen molar-refractivity contribution in [2.45, 2.75) is 0 Å². The van der Waals surface area contributed by atoms with Gasteiger partial charge in [-0.15, -0.1) is 0 Å². The Hall–Kier alpha value is -2.29. The quantitative estimate of drug-likeness (QED) is 0.548. The zero-order valence-electron chi connectivity index (χ0n) is 8.38. The van der Waals surface area contributed by atoms with Gasteiger partial charge >= 0.3 is 0 Å². The topological polar surface area (TPSA) is 37.6 Å². The van der Waals surface area contributed by atoms with E-state index in [4.69, 9.17) is 0 Å². The molecule has 2 aliphatic rings. The van der Waals surface area contributed by atoms with Gasteiger partial charge in [0.05, 0.1) is 22.4 Å². The van der Waals surface area contributed by atoms with E-state index in [1.54, 1.807) is 6.20 Å². The second-order valence-electron chi connectivity index (χ2n) is 3.82. The van der Waals surface area contributed by atoms with Gasteiger partial charge in [0.2, 0.25) is 0 Å². The van der Waals surface area contributed by atoms with E-state index >= 15 is 0 Å². The van der Waals surface area contributed by atoms with E-state index in [-0.39, 0.29) is 0 Å². The smallest absolute Gasteiger partial charge is 0.0980 e. The first-order valence-corrected chi connectivity index (χ1v) is 5.15. The van der Waals surface area contributed by atoms with Gasteiger partial charge < -0.3 is 0 Å².